The van der Waals surface area contributed by atoms with Crippen LogP contribution in [0.25, 0.3) is 10.8 Å². The monoisotopic (exact) mass is 402 g/mol. The number of ether oxygens (including phenoxy) is 2. The van der Waals surface area contributed by atoms with E-state index in [0.717, 1.165) is 10.3 Å². The maximum Gasteiger partial charge on any atom is 0.344 e. The predicted octanol–water partition coefficient (Wildman–Crippen LogP) is 5.52. The average Bonchev–Trinajstić information content (AvgIpc) is 2.68. The normalized spacial score (nSPS) is 11.9. The molecular formula is C21H19ClO4S. The van der Waals surface area contributed by atoms with Gasteiger partial charge in [-0.1, -0.05) is 48.0 Å². The van der Waals surface area contributed by atoms with Crippen LogP contribution in [0.15, 0.2) is 65.6 Å². The van der Waals surface area contributed by atoms with Crippen molar-refractivity contribution < 1.29 is 19.4 Å². The van der Waals surface area contributed by atoms with Gasteiger partial charge in [0.2, 0.25) is 0 Å². The smallest absolute Gasteiger partial charge is 0.344 e. The molecule has 3 rings (SSSR count). The Labute approximate surface area is 167 Å². The maximum atomic E-state index is 11.6. The summed E-state index contributed by atoms with van der Waals surface area (Å²) in [4.78, 5) is 12.8. The van der Waals surface area contributed by atoms with Crippen LogP contribution in [0.3, 0.4) is 0 Å². The molecule has 27 heavy (non-hydrogen) atoms. The van der Waals surface area contributed by atoms with E-state index in [-0.39, 0.29) is 0 Å². The number of halogens is 1. The van der Waals surface area contributed by atoms with Crippen LogP contribution in [0.5, 0.6) is 11.5 Å². The highest BCUT2D eigenvalue weighted by Gasteiger charge is 2.21. The summed E-state index contributed by atoms with van der Waals surface area (Å²) in [7, 11) is 1.49. The summed E-state index contributed by atoms with van der Waals surface area (Å²) < 4.78 is 10.9. The first-order valence-electron chi connectivity index (χ1n) is 8.42. The lowest BCUT2D eigenvalue weighted by Crippen LogP contribution is -2.27. The number of methoxy groups -OCH3 is 1. The molecule has 0 amide bonds. The summed E-state index contributed by atoms with van der Waals surface area (Å²) >= 11 is 7.56. The summed E-state index contributed by atoms with van der Waals surface area (Å²) in [6, 6.07) is 19.1. The minimum absolute atomic E-state index is 0.356. The lowest BCUT2D eigenvalue weighted by atomic mass is 10.1. The molecule has 0 aliphatic rings. The van der Waals surface area contributed by atoms with E-state index in [4.69, 9.17) is 21.1 Å². The van der Waals surface area contributed by atoms with Crippen molar-refractivity contribution in [2.24, 2.45) is 0 Å². The average molecular weight is 403 g/mol. The van der Waals surface area contributed by atoms with E-state index in [9.17, 15) is 9.90 Å². The third-order valence-corrected chi connectivity index (χ3v) is 5.40. The Morgan fingerprint density at radius 3 is 2.67 bits per heavy atom. The fourth-order valence-corrected chi connectivity index (χ4v) is 3.95. The lowest BCUT2D eigenvalue weighted by molar-refractivity contribution is -0.145. The maximum absolute atomic E-state index is 11.6. The molecule has 4 nitrogen and oxygen atoms in total. The standard InChI is InChI=1S/C21H19ClO4S/c1-25-19-13-15(22)9-10-17(19)26-18(21(23)24)11-12-27-20-8-4-6-14-5-2-3-7-16(14)20/h2-10,13,18H,11-12H2,1H3,(H,23,24). The number of hydrogen-bond donors (Lipinski definition) is 1. The van der Waals surface area contributed by atoms with Gasteiger partial charge in [0.05, 0.1) is 7.11 Å². The van der Waals surface area contributed by atoms with Crippen LogP contribution in [0, 0.1) is 0 Å². The van der Waals surface area contributed by atoms with Gasteiger partial charge in [-0.05, 0) is 29.0 Å². The van der Waals surface area contributed by atoms with Crippen molar-refractivity contribution in [1.82, 2.24) is 0 Å². The van der Waals surface area contributed by atoms with Gasteiger partial charge >= 0.3 is 5.97 Å². The molecule has 6 heteroatoms. The molecule has 140 valence electrons. The number of rotatable bonds is 8. The highest BCUT2D eigenvalue weighted by Crippen LogP contribution is 2.32. The number of aliphatic carboxylic acids is 1. The second-order valence-electron chi connectivity index (χ2n) is 5.85. The molecule has 0 aliphatic carbocycles. The molecule has 0 heterocycles. The highest BCUT2D eigenvalue weighted by atomic mass is 35.5. The summed E-state index contributed by atoms with van der Waals surface area (Å²) in [5.74, 6) is 0.381. The molecule has 0 spiro atoms. The van der Waals surface area contributed by atoms with Gasteiger partial charge in [0.1, 0.15) is 0 Å². The van der Waals surface area contributed by atoms with Crippen LogP contribution in [0.2, 0.25) is 5.02 Å². The minimum atomic E-state index is -1.01. The molecule has 1 unspecified atom stereocenters. The van der Waals surface area contributed by atoms with Crippen molar-refractivity contribution in [3.63, 3.8) is 0 Å². The summed E-state index contributed by atoms with van der Waals surface area (Å²) in [5, 5.41) is 12.3. The quantitative estimate of drug-likeness (QED) is 0.503. The number of fused-ring (bicyclic) bond motifs is 1. The van der Waals surface area contributed by atoms with E-state index in [1.807, 2.05) is 24.3 Å². The van der Waals surface area contributed by atoms with Crippen molar-refractivity contribution in [3.05, 3.63) is 65.7 Å². The molecule has 3 aromatic carbocycles. The fourth-order valence-electron chi connectivity index (χ4n) is 2.72. The number of carbonyl (C=O) groups is 1. The van der Waals surface area contributed by atoms with Gasteiger partial charge in [-0.15, -0.1) is 11.8 Å². The molecule has 0 saturated carbocycles. The predicted molar refractivity (Wildman–Crippen MR) is 109 cm³/mol. The Balaban J connectivity index is 1.68. The van der Waals surface area contributed by atoms with Crippen molar-refractivity contribution in [1.29, 1.82) is 0 Å². The van der Waals surface area contributed by atoms with Crippen LogP contribution < -0.4 is 9.47 Å². The van der Waals surface area contributed by atoms with Gasteiger partial charge < -0.3 is 14.6 Å². The van der Waals surface area contributed by atoms with E-state index in [1.54, 1.807) is 30.0 Å². The molecule has 0 radical (unpaired) electrons. The van der Waals surface area contributed by atoms with Gasteiger partial charge in [0, 0.05) is 28.2 Å². The van der Waals surface area contributed by atoms with Crippen LogP contribution >= 0.6 is 23.4 Å². The van der Waals surface area contributed by atoms with Gasteiger partial charge in [-0.25, -0.2) is 4.79 Å². The van der Waals surface area contributed by atoms with E-state index in [1.165, 1.54) is 12.5 Å². The van der Waals surface area contributed by atoms with Crippen molar-refractivity contribution in [2.45, 2.75) is 17.4 Å². The van der Waals surface area contributed by atoms with Gasteiger partial charge in [0.15, 0.2) is 17.6 Å². The first-order chi connectivity index (χ1) is 13.1. The lowest BCUT2D eigenvalue weighted by Gasteiger charge is -2.17. The van der Waals surface area contributed by atoms with Crippen LogP contribution in [-0.2, 0) is 4.79 Å². The largest absolute Gasteiger partial charge is 0.493 e. The van der Waals surface area contributed by atoms with Crippen LogP contribution in [0.4, 0.5) is 0 Å². The summed E-state index contributed by atoms with van der Waals surface area (Å²) in [5.41, 5.74) is 0. The zero-order valence-corrected chi connectivity index (χ0v) is 16.3. The number of benzene rings is 3. The zero-order chi connectivity index (χ0) is 19.2. The van der Waals surface area contributed by atoms with Crippen molar-refractivity contribution in [2.75, 3.05) is 12.9 Å². The van der Waals surface area contributed by atoms with Gasteiger partial charge in [0.25, 0.3) is 0 Å². The molecule has 0 bridgehead atoms. The molecule has 0 saturated heterocycles. The molecule has 0 aliphatic heterocycles. The molecular weight excluding hydrogens is 384 g/mol. The second-order valence-corrected chi connectivity index (χ2v) is 7.43. The molecule has 1 atom stereocenters. The Hall–Kier alpha value is -2.37. The first-order valence-corrected chi connectivity index (χ1v) is 9.78. The SMILES string of the molecule is COc1cc(Cl)ccc1OC(CCSc1cccc2ccccc12)C(=O)O. The highest BCUT2D eigenvalue weighted by molar-refractivity contribution is 7.99. The Bertz CT molecular complexity index is 939. The Morgan fingerprint density at radius 1 is 1.11 bits per heavy atom. The summed E-state index contributed by atoms with van der Waals surface area (Å²) in [6.07, 6.45) is -0.614. The van der Waals surface area contributed by atoms with E-state index < -0.39 is 12.1 Å². The van der Waals surface area contributed by atoms with Crippen molar-refractivity contribution in [3.8, 4) is 11.5 Å². The zero-order valence-electron chi connectivity index (χ0n) is 14.7. The second kappa shape index (κ2) is 9.02. The number of thioether (sulfide) groups is 1. The van der Waals surface area contributed by atoms with E-state index >= 15 is 0 Å². The first kappa shape index (κ1) is 19.4. The van der Waals surface area contributed by atoms with Crippen molar-refractivity contribution >= 4 is 40.1 Å². The summed E-state index contributed by atoms with van der Waals surface area (Å²) in [6.45, 7) is 0. The molecule has 3 aromatic rings. The van der Waals surface area contributed by atoms with Crippen LogP contribution in [0.1, 0.15) is 6.42 Å². The van der Waals surface area contributed by atoms with Gasteiger partial charge in [-0.3, -0.25) is 0 Å². The topological polar surface area (TPSA) is 55.8 Å². The third kappa shape index (κ3) is 4.87. The molecule has 0 aromatic heterocycles. The molecule has 1 N–H and O–H groups in total. The van der Waals surface area contributed by atoms with E-state index in [2.05, 4.69) is 18.2 Å². The third-order valence-electron chi connectivity index (χ3n) is 4.06. The van der Waals surface area contributed by atoms with E-state index in [0.29, 0.717) is 28.7 Å². The van der Waals surface area contributed by atoms with Crippen LogP contribution in [-0.4, -0.2) is 30.0 Å². The number of carboxylic acids is 1. The number of carboxylic acid groups (broad SMARTS) is 1. The fraction of sp³-hybridized carbons (Fsp3) is 0.190. The minimum Gasteiger partial charge on any atom is -0.493 e. The molecule has 0 fully saturated rings. The Kier molecular flexibility index (Phi) is 6.48. The number of hydrogen-bond acceptors (Lipinski definition) is 4. The Morgan fingerprint density at radius 2 is 1.89 bits per heavy atom. The van der Waals surface area contributed by atoms with Gasteiger partial charge in [-0.2, -0.15) is 0 Å².